The topological polar surface area (TPSA) is 30.5 Å². The molecule has 0 fully saturated rings. The van der Waals surface area contributed by atoms with E-state index in [9.17, 15) is 0 Å². The van der Waals surface area contributed by atoms with Gasteiger partial charge in [-0.2, -0.15) is 0 Å². The van der Waals surface area contributed by atoms with Gasteiger partial charge in [0.15, 0.2) is 0 Å². The highest BCUT2D eigenvalue weighted by Gasteiger charge is 2.12. The van der Waals surface area contributed by atoms with E-state index in [1.165, 1.54) is 5.56 Å². The predicted octanol–water partition coefficient (Wildman–Crippen LogP) is 3.80. The number of halogens is 1. The van der Waals surface area contributed by atoms with Crippen LogP contribution in [0.25, 0.3) is 0 Å². The Morgan fingerprint density at radius 2 is 2.10 bits per heavy atom. The molecule has 1 N–H and O–H groups in total. The van der Waals surface area contributed by atoms with Gasteiger partial charge >= 0.3 is 0 Å². The van der Waals surface area contributed by atoms with E-state index in [1.807, 2.05) is 12.1 Å². The van der Waals surface area contributed by atoms with Crippen molar-refractivity contribution in [2.75, 3.05) is 27.4 Å². The molecule has 114 valence electrons. The molecule has 4 heteroatoms. The van der Waals surface area contributed by atoms with E-state index in [-0.39, 0.29) is 0 Å². The lowest BCUT2D eigenvalue weighted by Crippen LogP contribution is -2.32. The van der Waals surface area contributed by atoms with Gasteiger partial charge in [0.25, 0.3) is 0 Å². The summed E-state index contributed by atoms with van der Waals surface area (Å²) in [5, 5.41) is 3.62. The van der Waals surface area contributed by atoms with Crippen molar-refractivity contribution < 1.29 is 9.47 Å². The molecule has 1 atom stereocenters. The molecule has 1 unspecified atom stereocenters. The summed E-state index contributed by atoms with van der Waals surface area (Å²) in [4.78, 5) is 0. The molecule has 0 aromatic heterocycles. The standard InChI is InChI=1S/C16H26BrNO2/c1-4-9-18-15(6-5-10-19-2)12-13-11-14(17)7-8-16(13)20-3/h7-8,11,15,18H,4-6,9-10,12H2,1-3H3. The minimum absolute atomic E-state index is 0.466. The quantitative estimate of drug-likeness (QED) is 0.655. The number of ether oxygens (including phenoxy) is 2. The lowest BCUT2D eigenvalue weighted by atomic mass is 10.0. The lowest BCUT2D eigenvalue weighted by molar-refractivity contribution is 0.188. The summed E-state index contributed by atoms with van der Waals surface area (Å²) in [6, 6.07) is 6.65. The smallest absolute Gasteiger partial charge is 0.122 e. The third kappa shape index (κ3) is 6.25. The molecule has 0 saturated heterocycles. The molecule has 0 saturated carbocycles. The maximum absolute atomic E-state index is 5.46. The van der Waals surface area contributed by atoms with Crippen LogP contribution in [0.4, 0.5) is 0 Å². The van der Waals surface area contributed by atoms with E-state index in [0.29, 0.717) is 6.04 Å². The monoisotopic (exact) mass is 343 g/mol. The fourth-order valence-corrected chi connectivity index (χ4v) is 2.68. The van der Waals surface area contributed by atoms with Gasteiger partial charge in [0.05, 0.1) is 7.11 Å². The first-order valence-corrected chi connectivity index (χ1v) is 8.05. The summed E-state index contributed by atoms with van der Waals surface area (Å²) >= 11 is 3.54. The van der Waals surface area contributed by atoms with E-state index in [1.54, 1.807) is 14.2 Å². The van der Waals surface area contributed by atoms with Crippen LogP contribution in [-0.2, 0) is 11.2 Å². The van der Waals surface area contributed by atoms with Gasteiger partial charge in [-0.1, -0.05) is 22.9 Å². The Bertz CT molecular complexity index is 385. The molecule has 0 aliphatic carbocycles. The Balaban J connectivity index is 2.68. The van der Waals surface area contributed by atoms with Gasteiger partial charge < -0.3 is 14.8 Å². The molecule has 1 aromatic rings. The second kappa shape index (κ2) is 10.2. The Hall–Kier alpha value is -0.580. The molecule has 0 aliphatic rings. The van der Waals surface area contributed by atoms with E-state index in [2.05, 4.69) is 34.2 Å². The van der Waals surface area contributed by atoms with Gasteiger partial charge in [0, 0.05) is 24.2 Å². The summed E-state index contributed by atoms with van der Waals surface area (Å²) in [6.45, 7) is 4.06. The maximum atomic E-state index is 5.46. The van der Waals surface area contributed by atoms with Crippen LogP contribution in [0, 0.1) is 0 Å². The average molecular weight is 344 g/mol. The molecule has 0 amide bonds. The Morgan fingerprint density at radius 3 is 2.75 bits per heavy atom. The number of rotatable bonds is 10. The average Bonchev–Trinajstić information content (AvgIpc) is 2.45. The van der Waals surface area contributed by atoms with Crippen molar-refractivity contribution in [1.82, 2.24) is 5.32 Å². The zero-order valence-electron chi connectivity index (χ0n) is 12.7. The normalized spacial score (nSPS) is 12.4. The minimum atomic E-state index is 0.466. The predicted molar refractivity (Wildman–Crippen MR) is 87.6 cm³/mol. The molecule has 1 rings (SSSR count). The van der Waals surface area contributed by atoms with E-state index in [0.717, 1.165) is 49.1 Å². The molecule has 0 radical (unpaired) electrons. The zero-order chi connectivity index (χ0) is 14.8. The number of nitrogens with one attached hydrogen (secondary N) is 1. The minimum Gasteiger partial charge on any atom is -0.496 e. The van der Waals surface area contributed by atoms with Crippen LogP contribution in [0.2, 0.25) is 0 Å². The molecule has 3 nitrogen and oxygen atoms in total. The van der Waals surface area contributed by atoms with Crippen molar-refractivity contribution in [2.24, 2.45) is 0 Å². The van der Waals surface area contributed by atoms with Gasteiger partial charge in [-0.05, 0) is 56.0 Å². The molecule has 0 bridgehead atoms. The summed E-state index contributed by atoms with van der Waals surface area (Å²) in [5.41, 5.74) is 1.24. The summed E-state index contributed by atoms with van der Waals surface area (Å²) < 4.78 is 11.7. The summed E-state index contributed by atoms with van der Waals surface area (Å²) in [6.07, 6.45) is 4.32. The first-order valence-electron chi connectivity index (χ1n) is 7.26. The van der Waals surface area contributed by atoms with Gasteiger partial charge in [-0.3, -0.25) is 0 Å². The Morgan fingerprint density at radius 1 is 1.30 bits per heavy atom. The largest absolute Gasteiger partial charge is 0.496 e. The Kier molecular flexibility index (Phi) is 8.90. The molecular weight excluding hydrogens is 318 g/mol. The van der Waals surface area contributed by atoms with Gasteiger partial charge in [-0.15, -0.1) is 0 Å². The highest BCUT2D eigenvalue weighted by molar-refractivity contribution is 9.10. The second-order valence-electron chi connectivity index (χ2n) is 4.95. The zero-order valence-corrected chi connectivity index (χ0v) is 14.3. The molecule has 0 aliphatic heterocycles. The van der Waals surface area contributed by atoms with Gasteiger partial charge in [0.1, 0.15) is 5.75 Å². The first kappa shape index (κ1) is 17.5. The van der Waals surface area contributed by atoms with Crippen molar-refractivity contribution in [1.29, 1.82) is 0 Å². The van der Waals surface area contributed by atoms with Crippen LogP contribution >= 0.6 is 15.9 Å². The van der Waals surface area contributed by atoms with Crippen molar-refractivity contribution in [3.05, 3.63) is 28.2 Å². The number of benzene rings is 1. The van der Waals surface area contributed by atoms with Crippen LogP contribution in [-0.4, -0.2) is 33.4 Å². The first-order chi connectivity index (χ1) is 9.71. The maximum Gasteiger partial charge on any atom is 0.122 e. The van der Waals surface area contributed by atoms with Crippen LogP contribution in [0.15, 0.2) is 22.7 Å². The molecular formula is C16H26BrNO2. The van der Waals surface area contributed by atoms with Gasteiger partial charge in [-0.25, -0.2) is 0 Å². The number of hydrogen-bond acceptors (Lipinski definition) is 3. The van der Waals surface area contributed by atoms with Crippen molar-refractivity contribution in [2.45, 2.75) is 38.6 Å². The van der Waals surface area contributed by atoms with Crippen LogP contribution in [0.1, 0.15) is 31.7 Å². The van der Waals surface area contributed by atoms with E-state index < -0.39 is 0 Å². The number of hydrogen-bond donors (Lipinski definition) is 1. The molecule has 1 aromatic carbocycles. The molecule has 20 heavy (non-hydrogen) atoms. The highest BCUT2D eigenvalue weighted by atomic mass is 79.9. The second-order valence-corrected chi connectivity index (χ2v) is 5.86. The summed E-state index contributed by atoms with van der Waals surface area (Å²) in [5.74, 6) is 0.961. The van der Waals surface area contributed by atoms with Crippen LogP contribution in [0.3, 0.4) is 0 Å². The highest BCUT2D eigenvalue weighted by Crippen LogP contribution is 2.25. The third-order valence-corrected chi connectivity index (χ3v) is 3.79. The molecule has 0 spiro atoms. The number of methoxy groups -OCH3 is 2. The van der Waals surface area contributed by atoms with Gasteiger partial charge in [0.2, 0.25) is 0 Å². The lowest BCUT2D eigenvalue weighted by Gasteiger charge is -2.20. The Labute approximate surface area is 131 Å². The van der Waals surface area contributed by atoms with E-state index >= 15 is 0 Å². The van der Waals surface area contributed by atoms with E-state index in [4.69, 9.17) is 9.47 Å². The summed E-state index contributed by atoms with van der Waals surface area (Å²) in [7, 11) is 3.48. The van der Waals surface area contributed by atoms with Crippen molar-refractivity contribution >= 4 is 15.9 Å². The van der Waals surface area contributed by atoms with Crippen LogP contribution in [0.5, 0.6) is 5.75 Å². The third-order valence-electron chi connectivity index (χ3n) is 3.29. The fraction of sp³-hybridized carbons (Fsp3) is 0.625. The van der Waals surface area contributed by atoms with Crippen LogP contribution < -0.4 is 10.1 Å². The molecule has 0 heterocycles. The van der Waals surface area contributed by atoms with Crippen molar-refractivity contribution in [3.63, 3.8) is 0 Å². The SMILES string of the molecule is CCCNC(CCCOC)Cc1cc(Br)ccc1OC. The fourth-order valence-electron chi connectivity index (χ4n) is 2.27. The van der Waals surface area contributed by atoms with Crippen molar-refractivity contribution in [3.8, 4) is 5.75 Å².